The van der Waals surface area contributed by atoms with Gasteiger partial charge >= 0.3 is 0 Å². The monoisotopic (exact) mass is 394 g/mol. The Labute approximate surface area is 161 Å². The van der Waals surface area contributed by atoms with Gasteiger partial charge < -0.3 is 24.6 Å². The minimum Gasteiger partial charge on any atom is -0.546 e. The zero-order valence-corrected chi connectivity index (χ0v) is 16.4. The van der Waals surface area contributed by atoms with Crippen LogP contribution >= 0.6 is 22.7 Å². The largest absolute Gasteiger partial charge is 0.546 e. The molecule has 3 rings (SSSR count). The first kappa shape index (κ1) is 19.5. The molecule has 26 heavy (non-hydrogen) atoms. The van der Waals surface area contributed by atoms with Gasteiger partial charge in [-0.25, -0.2) is 0 Å². The van der Waals surface area contributed by atoms with E-state index in [1.54, 1.807) is 12.1 Å². The summed E-state index contributed by atoms with van der Waals surface area (Å²) in [6.45, 7) is 0.807. The Bertz CT molecular complexity index is 644. The van der Waals surface area contributed by atoms with E-state index < -0.39 is 11.6 Å². The summed E-state index contributed by atoms with van der Waals surface area (Å²) < 4.78 is 6.31. The first-order chi connectivity index (χ1) is 12.6. The number of thiophene rings is 2. The van der Waals surface area contributed by atoms with E-state index in [0.29, 0.717) is 22.3 Å². The number of hydrogen-bond donors (Lipinski definition) is 1. The Morgan fingerprint density at radius 2 is 1.81 bits per heavy atom. The third-order valence-corrected chi connectivity index (χ3v) is 7.03. The number of carboxylic acids is 1. The van der Waals surface area contributed by atoms with Gasteiger partial charge in [0.1, 0.15) is 0 Å². The molecule has 1 N–H and O–H groups in total. The second-order valence-electron chi connectivity index (χ2n) is 6.68. The summed E-state index contributed by atoms with van der Waals surface area (Å²) in [5, 5.41) is 25.1. The van der Waals surface area contributed by atoms with Crippen molar-refractivity contribution in [2.45, 2.75) is 43.4 Å². The van der Waals surface area contributed by atoms with Crippen molar-refractivity contribution in [2.24, 2.45) is 0 Å². The van der Waals surface area contributed by atoms with Crippen molar-refractivity contribution in [2.75, 3.05) is 20.2 Å². The number of ether oxygens (including phenoxy) is 1. The van der Waals surface area contributed by atoms with Gasteiger partial charge in [-0.15, -0.1) is 22.7 Å². The number of carbonyl (C=O) groups excluding carboxylic acids is 1. The SMILES string of the molecule is CN(CCO)C1CCC(OC(C(=O)[O-])(c2cccs2)c2cccs2)CC1. The number of rotatable bonds is 8. The molecular weight excluding hydrogens is 370 g/mol. The summed E-state index contributed by atoms with van der Waals surface area (Å²) in [6.07, 6.45) is 3.33. The van der Waals surface area contributed by atoms with Gasteiger partial charge in [0.25, 0.3) is 0 Å². The molecule has 2 aromatic rings. The van der Waals surface area contributed by atoms with Gasteiger partial charge in [-0.3, -0.25) is 0 Å². The molecule has 2 heterocycles. The lowest BCUT2D eigenvalue weighted by Crippen LogP contribution is -2.50. The number of carboxylic acid groups (broad SMARTS) is 1. The topological polar surface area (TPSA) is 72.8 Å². The summed E-state index contributed by atoms with van der Waals surface area (Å²) in [5.74, 6) is -1.21. The fraction of sp³-hybridized carbons (Fsp3) is 0.526. The van der Waals surface area contributed by atoms with E-state index in [4.69, 9.17) is 9.84 Å². The Kier molecular flexibility index (Phi) is 6.47. The molecule has 142 valence electrons. The Morgan fingerprint density at radius 1 is 1.23 bits per heavy atom. The summed E-state index contributed by atoms with van der Waals surface area (Å²) in [4.78, 5) is 15.8. The van der Waals surface area contributed by atoms with Crippen molar-refractivity contribution in [3.05, 3.63) is 44.8 Å². The number of aliphatic carboxylic acids is 1. The van der Waals surface area contributed by atoms with Crippen LogP contribution in [0, 0.1) is 0 Å². The van der Waals surface area contributed by atoms with Gasteiger partial charge in [-0.1, -0.05) is 12.1 Å². The third kappa shape index (κ3) is 3.87. The molecule has 1 fully saturated rings. The molecule has 2 aromatic heterocycles. The highest BCUT2D eigenvalue weighted by molar-refractivity contribution is 7.12. The van der Waals surface area contributed by atoms with E-state index in [9.17, 15) is 9.90 Å². The maximum Gasteiger partial charge on any atom is 0.176 e. The number of hydrogen-bond acceptors (Lipinski definition) is 7. The van der Waals surface area contributed by atoms with Crippen LogP contribution in [0.4, 0.5) is 0 Å². The van der Waals surface area contributed by atoms with Crippen molar-refractivity contribution >= 4 is 28.6 Å². The predicted octanol–water partition coefficient (Wildman–Crippen LogP) is 2.06. The molecule has 0 saturated heterocycles. The van der Waals surface area contributed by atoms with Crippen molar-refractivity contribution < 1.29 is 19.7 Å². The second-order valence-corrected chi connectivity index (χ2v) is 8.57. The highest BCUT2D eigenvalue weighted by Gasteiger charge is 2.42. The molecule has 0 unspecified atom stereocenters. The molecule has 5 nitrogen and oxygen atoms in total. The van der Waals surface area contributed by atoms with Crippen molar-refractivity contribution in [3.63, 3.8) is 0 Å². The lowest BCUT2D eigenvalue weighted by atomic mass is 9.90. The Morgan fingerprint density at radius 3 is 2.23 bits per heavy atom. The zero-order valence-electron chi connectivity index (χ0n) is 14.8. The average molecular weight is 395 g/mol. The molecule has 0 aromatic carbocycles. The van der Waals surface area contributed by atoms with E-state index in [1.807, 2.05) is 29.9 Å². The molecule has 0 atom stereocenters. The highest BCUT2D eigenvalue weighted by atomic mass is 32.1. The van der Waals surface area contributed by atoms with E-state index in [0.717, 1.165) is 25.7 Å². The third-order valence-electron chi connectivity index (χ3n) is 5.09. The fourth-order valence-electron chi connectivity index (χ4n) is 3.64. The van der Waals surface area contributed by atoms with E-state index >= 15 is 0 Å². The first-order valence-corrected chi connectivity index (χ1v) is 10.6. The van der Waals surface area contributed by atoms with E-state index in [-0.39, 0.29) is 12.7 Å². The maximum absolute atomic E-state index is 12.3. The highest BCUT2D eigenvalue weighted by Crippen LogP contribution is 2.41. The number of likely N-dealkylation sites (N-methyl/N-ethyl adjacent to an activating group) is 1. The van der Waals surface area contributed by atoms with Crippen molar-refractivity contribution in [3.8, 4) is 0 Å². The smallest absolute Gasteiger partial charge is 0.176 e. The number of carbonyl (C=O) groups is 1. The predicted molar refractivity (Wildman–Crippen MR) is 101 cm³/mol. The molecular formula is C19H24NO4S2-. The standard InChI is InChI=1S/C19H25NO4S2/c1-20(10-11-21)14-6-8-15(9-7-14)24-19(18(22)23,16-4-2-12-25-16)17-5-3-13-26-17/h2-5,12-15,21H,6-11H2,1H3,(H,22,23)/p-1. The lowest BCUT2D eigenvalue weighted by Gasteiger charge is -2.40. The summed E-state index contributed by atoms with van der Waals surface area (Å²) in [6, 6.07) is 7.70. The Balaban J connectivity index is 1.79. The molecule has 7 heteroatoms. The molecule has 0 spiro atoms. The Hall–Kier alpha value is -1.25. The van der Waals surface area contributed by atoms with Crippen LogP contribution in [0.5, 0.6) is 0 Å². The van der Waals surface area contributed by atoms with Crippen LogP contribution < -0.4 is 5.11 Å². The summed E-state index contributed by atoms with van der Waals surface area (Å²) in [5.41, 5.74) is -1.53. The quantitative estimate of drug-likeness (QED) is 0.742. The van der Waals surface area contributed by atoms with Crippen LogP contribution in [-0.4, -0.2) is 48.3 Å². The number of aliphatic hydroxyl groups is 1. The van der Waals surface area contributed by atoms with E-state index in [1.165, 1.54) is 22.7 Å². The van der Waals surface area contributed by atoms with Gasteiger partial charge in [0.2, 0.25) is 0 Å². The van der Waals surface area contributed by atoms with Gasteiger partial charge in [-0.05, 0) is 55.6 Å². The molecule has 1 aliphatic rings. The molecule has 0 bridgehead atoms. The second kappa shape index (κ2) is 8.63. The van der Waals surface area contributed by atoms with Crippen LogP contribution in [0.15, 0.2) is 35.0 Å². The normalized spacial score (nSPS) is 21.2. The summed E-state index contributed by atoms with van der Waals surface area (Å²) in [7, 11) is 2.02. The maximum atomic E-state index is 12.3. The molecule has 0 radical (unpaired) electrons. The molecule has 0 aliphatic heterocycles. The lowest BCUT2D eigenvalue weighted by molar-refractivity contribution is -0.328. The molecule has 1 saturated carbocycles. The van der Waals surface area contributed by atoms with Gasteiger partial charge in [-0.2, -0.15) is 0 Å². The van der Waals surface area contributed by atoms with Crippen LogP contribution in [0.25, 0.3) is 0 Å². The first-order valence-electron chi connectivity index (χ1n) is 8.86. The average Bonchev–Trinajstić information content (AvgIpc) is 3.34. The zero-order chi connectivity index (χ0) is 18.6. The van der Waals surface area contributed by atoms with Crippen LogP contribution in [0.3, 0.4) is 0 Å². The van der Waals surface area contributed by atoms with Gasteiger partial charge in [0, 0.05) is 22.3 Å². The van der Waals surface area contributed by atoms with Gasteiger partial charge in [0.15, 0.2) is 5.60 Å². The fourth-order valence-corrected chi connectivity index (χ4v) is 5.44. The molecule has 0 amide bonds. The minimum absolute atomic E-state index is 0.129. The number of aliphatic hydroxyl groups excluding tert-OH is 1. The summed E-state index contributed by atoms with van der Waals surface area (Å²) >= 11 is 2.76. The number of nitrogens with zero attached hydrogens (tertiary/aromatic N) is 1. The van der Waals surface area contributed by atoms with E-state index in [2.05, 4.69) is 4.90 Å². The van der Waals surface area contributed by atoms with Crippen LogP contribution in [-0.2, 0) is 15.1 Å². The van der Waals surface area contributed by atoms with Crippen LogP contribution in [0.2, 0.25) is 0 Å². The molecule has 1 aliphatic carbocycles. The van der Waals surface area contributed by atoms with Gasteiger partial charge in [0.05, 0.1) is 18.7 Å². The van der Waals surface area contributed by atoms with Crippen molar-refractivity contribution in [1.82, 2.24) is 4.90 Å². The van der Waals surface area contributed by atoms with Crippen LogP contribution in [0.1, 0.15) is 35.4 Å². The van der Waals surface area contributed by atoms with Crippen molar-refractivity contribution in [1.29, 1.82) is 0 Å². The minimum atomic E-state index is -1.53.